The van der Waals surface area contributed by atoms with E-state index in [0.717, 1.165) is 12.1 Å². The fraction of sp³-hybridized carbons (Fsp3) is 0.526. The van der Waals surface area contributed by atoms with Crippen LogP contribution in [0.5, 0.6) is 0 Å². The molecule has 1 atom stereocenters. The topological polar surface area (TPSA) is 87.0 Å². The van der Waals surface area contributed by atoms with Gasteiger partial charge in [-0.25, -0.2) is 0 Å². The van der Waals surface area contributed by atoms with Crippen molar-refractivity contribution in [3.05, 3.63) is 30.1 Å². The van der Waals surface area contributed by atoms with Crippen LogP contribution in [0.15, 0.2) is 34.6 Å². The summed E-state index contributed by atoms with van der Waals surface area (Å²) in [6.07, 6.45) is 10.6. The Morgan fingerprint density at radius 3 is 2.92 bits per heavy atom. The summed E-state index contributed by atoms with van der Waals surface area (Å²) in [6, 6.07) is 5.18. The number of terminal acetylenes is 1. The highest BCUT2D eigenvalue weighted by molar-refractivity contribution is 5.88. The van der Waals surface area contributed by atoms with Gasteiger partial charge in [-0.15, -0.1) is 12.3 Å². The molecule has 3 heterocycles. The maximum atomic E-state index is 12.6. The first-order chi connectivity index (χ1) is 12.6. The van der Waals surface area contributed by atoms with Gasteiger partial charge in [-0.2, -0.15) is 10.2 Å². The van der Waals surface area contributed by atoms with Crippen molar-refractivity contribution in [2.24, 2.45) is 10.2 Å². The summed E-state index contributed by atoms with van der Waals surface area (Å²) in [5.41, 5.74) is 0.380. The Balaban J connectivity index is 1.47. The van der Waals surface area contributed by atoms with Crippen molar-refractivity contribution in [3.8, 4) is 12.3 Å². The second kappa shape index (κ2) is 8.09. The van der Waals surface area contributed by atoms with Gasteiger partial charge < -0.3 is 10.2 Å². The van der Waals surface area contributed by atoms with E-state index in [-0.39, 0.29) is 11.8 Å². The van der Waals surface area contributed by atoms with Gasteiger partial charge in [0.2, 0.25) is 11.8 Å². The lowest BCUT2D eigenvalue weighted by Gasteiger charge is -2.32. The normalized spacial score (nSPS) is 20.5. The Kier molecular flexibility index (Phi) is 5.61. The molecule has 0 aliphatic carbocycles. The summed E-state index contributed by atoms with van der Waals surface area (Å²) in [6.45, 7) is 1.16. The van der Waals surface area contributed by atoms with E-state index in [2.05, 4.69) is 26.4 Å². The fourth-order valence-corrected chi connectivity index (χ4v) is 3.17. The second-order valence-corrected chi connectivity index (χ2v) is 6.73. The molecule has 1 N–H and O–H groups in total. The Morgan fingerprint density at radius 2 is 2.23 bits per heavy atom. The van der Waals surface area contributed by atoms with Gasteiger partial charge in [0.25, 0.3) is 0 Å². The summed E-state index contributed by atoms with van der Waals surface area (Å²) >= 11 is 0. The van der Waals surface area contributed by atoms with Crippen LogP contribution in [-0.4, -0.2) is 39.9 Å². The van der Waals surface area contributed by atoms with E-state index in [9.17, 15) is 9.59 Å². The third kappa shape index (κ3) is 4.66. The fourth-order valence-electron chi connectivity index (χ4n) is 3.17. The molecule has 26 heavy (non-hydrogen) atoms. The van der Waals surface area contributed by atoms with Crippen molar-refractivity contribution in [2.75, 3.05) is 6.54 Å². The number of hydrogen-bond donors (Lipinski definition) is 1. The quantitative estimate of drug-likeness (QED) is 0.726. The minimum absolute atomic E-state index is 0.0434. The molecule has 1 aromatic rings. The second-order valence-electron chi connectivity index (χ2n) is 6.73. The van der Waals surface area contributed by atoms with Crippen LogP contribution < -0.4 is 5.32 Å². The molecule has 1 aromatic heterocycles. The zero-order chi connectivity index (χ0) is 18.4. The van der Waals surface area contributed by atoms with Crippen LogP contribution in [0.1, 0.15) is 44.2 Å². The molecule has 136 valence electrons. The number of nitrogens with zero attached hydrogens (tertiary/aromatic N) is 4. The summed E-state index contributed by atoms with van der Waals surface area (Å²) in [4.78, 5) is 30.9. The number of pyridine rings is 1. The molecule has 3 rings (SSSR count). The van der Waals surface area contributed by atoms with Gasteiger partial charge in [-0.05, 0) is 25.0 Å². The SMILES string of the molecule is C#CCCC1(CCC(=O)NC2CCCN(Cc3ccccn3)C2=O)N=N1. The average molecular weight is 353 g/mol. The minimum Gasteiger partial charge on any atom is -0.344 e. The van der Waals surface area contributed by atoms with Crippen LogP contribution in [-0.2, 0) is 16.1 Å². The van der Waals surface area contributed by atoms with E-state index in [4.69, 9.17) is 6.42 Å². The van der Waals surface area contributed by atoms with Gasteiger partial charge in [-0.1, -0.05) is 6.07 Å². The van der Waals surface area contributed by atoms with E-state index in [1.54, 1.807) is 11.1 Å². The van der Waals surface area contributed by atoms with Crippen molar-refractivity contribution in [1.29, 1.82) is 0 Å². The molecule has 0 spiro atoms. The summed E-state index contributed by atoms with van der Waals surface area (Å²) in [7, 11) is 0. The number of carbonyl (C=O) groups excluding carboxylic acids is 2. The van der Waals surface area contributed by atoms with Crippen molar-refractivity contribution in [2.45, 2.75) is 56.8 Å². The van der Waals surface area contributed by atoms with Gasteiger partial charge in [0.05, 0.1) is 12.2 Å². The Morgan fingerprint density at radius 1 is 1.38 bits per heavy atom. The molecule has 2 amide bonds. The standard InChI is InChI=1S/C19H23N5O2/c1-2-3-10-19(22-23-19)11-9-17(25)21-16-8-6-13-24(18(16)26)14-15-7-4-5-12-20-15/h1,4-5,7,12,16H,3,6,8-11,13-14H2,(H,21,25). The van der Waals surface area contributed by atoms with E-state index in [1.807, 2.05) is 18.2 Å². The maximum Gasteiger partial charge on any atom is 0.245 e. The van der Waals surface area contributed by atoms with E-state index < -0.39 is 11.7 Å². The molecule has 0 bridgehead atoms. The maximum absolute atomic E-state index is 12.6. The molecule has 7 heteroatoms. The Bertz CT molecular complexity index is 719. The third-order valence-corrected chi connectivity index (χ3v) is 4.75. The smallest absolute Gasteiger partial charge is 0.245 e. The van der Waals surface area contributed by atoms with Crippen molar-refractivity contribution >= 4 is 11.8 Å². The van der Waals surface area contributed by atoms with Crippen LogP contribution in [0, 0.1) is 12.3 Å². The van der Waals surface area contributed by atoms with Gasteiger partial charge in [0.1, 0.15) is 6.04 Å². The van der Waals surface area contributed by atoms with E-state index in [1.165, 1.54) is 0 Å². The first-order valence-corrected chi connectivity index (χ1v) is 8.97. The van der Waals surface area contributed by atoms with Gasteiger partial charge in [-0.3, -0.25) is 14.6 Å². The van der Waals surface area contributed by atoms with Crippen LogP contribution >= 0.6 is 0 Å². The molecule has 2 aliphatic heterocycles. The molecule has 1 unspecified atom stereocenters. The van der Waals surface area contributed by atoms with Crippen LogP contribution in [0.3, 0.4) is 0 Å². The summed E-state index contributed by atoms with van der Waals surface area (Å²) in [5, 5.41) is 10.9. The lowest BCUT2D eigenvalue weighted by atomic mass is 10.0. The predicted molar refractivity (Wildman–Crippen MR) is 95.7 cm³/mol. The third-order valence-electron chi connectivity index (χ3n) is 4.75. The molecular formula is C19H23N5O2. The zero-order valence-electron chi connectivity index (χ0n) is 14.7. The van der Waals surface area contributed by atoms with Crippen LogP contribution in [0.2, 0.25) is 0 Å². The Labute approximate surface area is 153 Å². The molecule has 0 radical (unpaired) electrons. The van der Waals surface area contributed by atoms with Crippen molar-refractivity contribution in [3.63, 3.8) is 0 Å². The van der Waals surface area contributed by atoms with Gasteiger partial charge in [0.15, 0.2) is 5.66 Å². The zero-order valence-corrected chi connectivity index (χ0v) is 14.7. The Hall–Kier alpha value is -2.75. The minimum atomic E-state index is -0.467. The number of nitrogens with one attached hydrogen (secondary N) is 1. The number of rotatable bonds is 8. The highest BCUT2D eigenvalue weighted by atomic mass is 16.2. The number of aromatic nitrogens is 1. The molecule has 0 saturated carbocycles. The molecule has 0 aromatic carbocycles. The van der Waals surface area contributed by atoms with E-state index in [0.29, 0.717) is 45.2 Å². The van der Waals surface area contributed by atoms with Gasteiger partial charge in [0, 0.05) is 38.4 Å². The molecule has 7 nitrogen and oxygen atoms in total. The number of carbonyl (C=O) groups is 2. The van der Waals surface area contributed by atoms with Gasteiger partial charge >= 0.3 is 0 Å². The lowest BCUT2D eigenvalue weighted by Crippen LogP contribution is -2.52. The van der Waals surface area contributed by atoms with Crippen LogP contribution in [0.25, 0.3) is 0 Å². The first kappa shape index (κ1) is 18.1. The monoisotopic (exact) mass is 353 g/mol. The molecule has 1 saturated heterocycles. The molecule has 2 aliphatic rings. The predicted octanol–water partition coefficient (Wildman–Crippen LogP) is 2.04. The number of amides is 2. The number of hydrogen-bond acceptors (Lipinski definition) is 5. The van der Waals surface area contributed by atoms with Crippen molar-refractivity contribution < 1.29 is 9.59 Å². The first-order valence-electron chi connectivity index (χ1n) is 8.97. The number of likely N-dealkylation sites (tertiary alicyclic amines) is 1. The molecular weight excluding hydrogens is 330 g/mol. The van der Waals surface area contributed by atoms with Crippen LogP contribution in [0.4, 0.5) is 0 Å². The summed E-state index contributed by atoms with van der Waals surface area (Å²) in [5.74, 6) is 2.39. The highest BCUT2D eigenvalue weighted by Crippen LogP contribution is 2.37. The van der Waals surface area contributed by atoms with E-state index >= 15 is 0 Å². The molecule has 1 fully saturated rings. The van der Waals surface area contributed by atoms with Crippen molar-refractivity contribution in [1.82, 2.24) is 15.2 Å². The average Bonchev–Trinajstić information content (AvgIpc) is 3.43. The summed E-state index contributed by atoms with van der Waals surface area (Å²) < 4.78 is 0. The highest BCUT2D eigenvalue weighted by Gasteiger charge is 2.39. The lowest BCUT2D eigenvalue weighted by molar-refractivity contribution is -0.139. The largest absolute Gasteiger partial charge is 0.344 e. The number of piperidine rings is 1.